The van der Waals surface area contributed by atoms with Gasteiger partial charge in [-0.15, -0.1) is 0 Å². The highest BCUT2D eigenvalue weighted by molar-refractivity contribution is 5.85. The molecule has 0 saturated carbocycles. The Bertz CT molecular complexity index is 559. The Morgan fingerprint density at radius 2 is 1.75 bits per heavy atom. The van der Waals surface area contributed by atoms with E-state index in [0.717, 1.165) is 5.57 Å². The van der Waals surface area contributed by atoms with E-state index in [-0.39, 0.29) is 0 Å². The Balaban J connectivity index is 2.44. The van der Waals surface area contributed by atoms with Crippen molar-refractivity contribution in [3.63, 3.8) is 0 Å². The first-order chi connectivity index (χ1) is 7.65. The van der Waals surface area contributed by atoms with Gasteiger partial charge in [0.15, 0.2) is 0 Å². The van der Waals surface area contributed by atoms with Gasteiger partial charge in [-0.1, -0.05) is 60.2 Å². The highest BCUT2D eigenvalue weighted by Crippen LogP contribution is 2.18. The van der Waals surface area contributed by atoms with E-state index in [2.05, 4.69) is 56.0 Å². The normalized spacial score (nSPS) is 11.1. The maximum absolute atomic E-state index is 3.86. The summed E-state index contributed by atoms with van der Waals surface area (Å²) in [5.74, 6) is 0. The summed E-state index contributed by atoms with van der Waals surface area (Å²) in [4.78, 5) is 0. The van der Waals surface area contributed by atoms with Gasteiger partial charge < -0.3 is 0 Å². The van der Waals surface area contributed by atoms with Crippen LogP contribution in [0.25, 0.3) is 16.8 Å². The third-order valence-corrected chi connectivity index (χ3v) is 2.58. The molecule has 80 valence electrons. The summed E-state index contributed by atoms with van der Waals surface area (Å²) in [6, 6.07) is 13.0. The van der Waals surface area contributed by atoms with Crippen LogP contribution < -0.4 is 0 Å². The standard InChI is InChI=1S/C16H16/c1-12(2)4-6-14-7-9-15-10-13(3)5-8-16(15)11-14/h4-11H,1H2,2-3H3/b6-4+. The predicted molar refractivity (Wildman–Crippen MR) is 72.5 cm³/mol. The monoisotopic (exact) mass is 208 g/mol. The minimum Gasteiger partial charge on any atom is -0.0961 e. The second kappa shape index (κ2) is 4.36. The van der Waals surface area contributed by atoms with Crippen molar-refractivity contribution < 1.29 is 0 Å². The Morgan fingerprint density at radius 1 is 1.06 bits per heavy atom. The summed E-state index contributed by atoms with van der Waals surface area (Å²) < 4.78 is 0. The van der Waals surface area contributed by atoms with Crippen molar-refractivity contribution in [2.24, 2.45) is 0 Å². The van der Waals surface area contributed by atoms with E-state index in [1.807, 2.05) is 13.0 Å². The van der Waals surface area contributed by atoms with Crippen LogP contribution >= 0.6 is 0 Å². The lowest BCUT2D eigenvalue weighted by atomic mass is 10.0. The molecule has 2 aromatic carbocycles. The van der Waals surface area contributed by atoms with Crippen molar-refractivity contribution in [1.82, 2.24) is 0 Å². The molecule has 0 unspecified atom stereocenters. The lowest BCUT2D eigenvalue weighted by Gasteiger charge is -2.01. The average molecular weight is 208 g/mol. The van der Waals surface area contributed by atoms with Crippen LogP contribution in [0.5, 0.6) is 0 Å². The van der Waals surface area contributed by atoms with Gasteiger partial charge in [0.25, 0.3) is 0 Å². The highest BCUT2D eigenvalue weighted by atomic mass is 14.0. The van der Waals surface area contributed by atoms with Gasteiger partial charge in [-0.25, -0.2) is 0 Å². The lowest BCUT2D eigenvalue weighted by Crippen LogP contribution is -1.77. The van der Waals surface area contributed by atoms with Crippen LogP contribution in [0.15, 0.2) is 54.6 Å². The fourth-order valence-electron chi connectivity index (χ4n) is 1.73. The van der Waals surface area contributed by atoms with Gasteiger partial charge in [-0.3, -0.25) is 0 Å². The molecule has 0 amide bonds. The molecule has 0 aliphatic heterocycles. The molecule has 0 heterocycles. The Labute approximate surface area is 96.9 Å². The van der Waals surface area contributed by atoms with Crippen LogP contribution in [-0.4, -0.2) is 0 Å². The maximum Gasteiger partial charge on any atom is -0.0178 e. The molecule has 2 rings (SSSR count). The van der Waals surface area contributed by atoms with Crippen molar-refractivity contribution in [1.29, 1.82) is 0 Å². The molecule has 0 aliphatic carbocycles. The third-order valence-electron chi connectivity index (χ3n) is 2.58. The zero-order chi connectivity index (χ0) is 11.5. The van der Waals surface area contributed by atoms with Gasteiger partial charge >= 0.3 is 0 Å². The Kier molecular flexibility index (Phi) is 2.91. The van der Waals surface area contributed by atoms with E-state index in [1.54, 1.807) is 0 Å². The lowest BCUT2D eigenvalue weighted by molar-refractivity contribution is 1.50. The fourth-order valence-corrected chi connectivity index (χ4v) is 1.73. The molecule has 0 radical (unpaired) electrons. The van der Waals surface area contributed by atoms with Gasteiger partial charge in [0.1, 0.15) is 0 Å². The van der Waals surface area contributed by atoms with Crippen molar-refractivity contribution in [2.45, 2.75) is 13.8 Å². The summed E-state index contributed by atoms with van der Waals surface area (Å²) in [6.07, 6.45) is 4.14. The van der Waals surface area contributed by atoms with E-state index in [0.29, 0.717) is 0 Å². The molecule has 16 heavy (non-hydrogen) atoms. The number of allylic oxidation sites excluding steroid dienone is 2. The first kappa shape index (κ1) is 10.7. The van der Waals surface area contributed by atoms with E-state index in [1.165, 1.54) is 21.9 Å². The molecule has 0 fully saturated rings. The van der Waals surface area contributed by atoms with Gasteiger partial charge in [-0.05, 0) is 36.2 Å². The van der Waals surface area contributed by atoms with Crippen LogP contribution in [0.1, 0.15) is 18.1 Å². The molecule has 0 aromatic heterocycles. The molecule has 0 nitrogen and oxygen atoms in total. The molecule has 0 heteroatoms. The van der Waals surface area contributed by atoms with Gasteiger partial charge in [0.05, 0.1) is 0 Å². The Morgan fingerprint density at radius 3 is 2.50 bits per heavy atom. The smallest absolute Gasteiger partial charge is 0.0178 e. The SMILES string of the molecule is C=C(C)/C=C/c1ccc2cc(C)ccc2c1. The number of fused-ring (bicyclic) bond motifs is 1. The van der Waals surface area contributed by atoms with E-state index in [9.17, 15) is 0 Å². The number of hydrogen-bond donors (Lipinski definition) is 0. The van der Waals surface area contributed by atoms with E-state index < -0.39 is 0 Å². The zero-order valence-electron chi connectivity index (χ0n) is 9.83. The maximum atomic E-state index is 3.86. The summed E-state index contributed by atoms with van der Waals surface area (Å²) in [5, 5.41) is 2.59. The van der Waals surface area contributed by atoms with Crippen LogP contribution in [0.2, 0.25) is 0 Å². The number of hydrogen-bond acceptors (Lipinski definition) is 0. The molecule has 0 bridgehead atoms. The summed E-state index contributed by atoms with van der Waals surface area (Å²) in [6.45, 7) is 7.98. The molecule has 0 aliphatic rings. The fraction of sp³-hybridized carbons (Fsp3) is 0.125. The average Bonchev–Trinajstić information content (AvgIpc) is 2.26. The van der Waals surface area contributed by atoms with Crippen molar-refractivity contribution in [3.8, 4) is 0 Å². The second-order valence-corrected chi connectivity index (χ2v) is 4.29. The third kappa shape index (κ3) is 2.40. The first-order valence-corrected chi connectivity index (χ1v) is 5.49. The molecule has 0 N–H and O–H groups in total. The predicted octanol–water partition coefficient (Wildman–Crippen LogP) is 4.74. The van der Waals surface area contributed by atoms with Crippen molar-refractivity contribution in [3.05, 3.63) is 65.8 Å². The zero-order valence-corrected chi connectivity index (χ0v) is 9.83. The summed E-state index contributed by atoms with van der Waals surface area (Å²) >= 11 is 0. The minimum absolute atomic E-state index is 1.07. The van der Waals surface area contributed by atoms with Crippen molar-refractivity contribution in [2.75, 3.05) is 0 Å². The second-order valence-electron chi connectivity index (χ2n) is 4.29. The summed E-state index contributed by atoms with van der Waals surface area (Å²) in [5.41, 5.74) is 3.60. The van der Waals surface area contributed by atoms with Crippen LogP contribution in [0.4, 0.5) is 0 Å². The van der Waals surface area contributed by atoms with Crippen molar-refractivity contribution >= 4 is 16.8 Å². The van der Waals surface area contributed by atoms with Gasteiger partial charge in [-0.2, -0.15) is 0 Å². The quantitative estimate of drug-likeness (QED) is 0.625. The molecule has 0 saturated heterocycles. The highest BCUT2D eigenvalue weighted by Gasteiger charge is 1.94. The van der Waals surface area contributed by atoms with E-state index >= 15 is 0 Å². The number of rotatable bonds is 2. The Hall–Kier alpha value is -1.82. The van der Waals surface area contributed by atoms with E-state index in [4.69, 9.17) is 0 Å². The molecular formula is C16H16. The van der Waals surface area contributed by atoms with Gasteiger partial charge in [0.2, 0.25) is 0 Å². The largest absolute Gasteiger partial charge is 0.0961 e. The molecule has 0 atom stereocenters. The summed E-state index contributed by atoms with van der Waals surface area (Å²) in [7, 11) is 0. The molecule has 0 spiro atoms. The minimum atomic E-state index is 1.07. The van der Waals surface area contributed by atoms with Gasteiger partial charge in [0, 0.05) is 0 Å². The molecule has 2 aromatic rings. The first-order valence-electron chi connectivity index (χ1n) is 5.49. The van der Waals surface area contributed by atoms with Crippen LogP contribution in [0, 0.1) is 6.92 Å². The van der Waals surface area contributed by atoms with Crippen LogP contribution in [0.3, 0.4) is 0 Å². The number of aryl methyl sites for hydroxylation is 1. The van der Waals surface area contributed by atoms with Crippen LogP contribution in [-0.2, 0) is 0 Å². The topological polar surface area (TPSA) is 0 Å². The number of benzene rings is 2. The molecular weight excluding hydrogens is 192 g/mol.